The van der Waals surface area contributed by atoms with Gasteiger partial charge in [-0.3, -0.25) is 10.1 Å². The molecule has 0 bridgehead atoms. The summed E-state index contributed by atoms with van der Waals surface area (Å²) in [5, 5.41) is 4.23. The van der Waals surface area contributed by atoms with Crippen molar-refractivity contribution in [3.8, 4) is 0 Å². The van der Waals surface area contributed by atoms with Crippen LogP contribution in [-0.4, -0.2) is 11.9 Å². The van der Waals surface area contributed by atoms with E-state index in [9.17, 15) is 4.79 Å². The molecular weight excluding hydrogens is 308 g/mol. The molecule has 1 heterocycles. The first kappa shape index (κ1) is 12.7. The van der Waals surface area contributed by atoms with Crippen molar-refractivity contribution >= 4 is 32.8 Å². The third-order valence-corrected chi connectivity index (χ3v) is 4.03. The predicted octanol–water partition coefficient (Wildman–Crippen LogP) is 2.65. The Hall–Kier alpha value is -1.33. The number of fused-ring (bicyclic) bond motifs is 1. The maximum absolute atomic E-state index is 11.8. The van der Waals surface area contributed by atoms with Crippen LogP contribution in [-0.2, 0) is 10.3 Å². The molecule has 1 aromatic carbocycles. The van der Waals surface area contributed by atoms with Gasteiger partial charge in [0, 0.05) is 15.9 Å². The molecule has 19 heavy (non-hydrogen) atoms. The highest BCUT2D eigenvalue weighted by Crippen LogP contribution is 2.32. The van der Waals surface area contributed by atoms with Gasteiger partial charge in [-0.05, 0) is 44.0 Å². The molecule has 1 atom stereocenters. The molecule has 2 aromatic rings. The highest BCUT2D eigenvalue weighted by atomic mass is 79.9. The van der Waals surface area contributed by atoms with E-state index in [0.29, 0.717) is 11.8 Å². The van der Waals surface area contributed by atoms with Gasteiger partial charge in [0.2, 0.25) is 5.91 Å². The van der Waals surface area contributed by atoms with Gasteiger partial charge < -0.3 is 10.2 Å². The number of hydrogen-bond donors (Lipinski definition) is 2. The van der Waals surface area contributed by atoms with E-state index in [-0.39, 0.29) is 0 Å². The topological polar surface area (TPSA) is 68.3 Å². The Bertz CT molecular complexity index is 648. The van der Waals surface area contributed by atoms with Crippen LogP contribution in [0.25, 0.3) is 11.0 Å². The molecule has 3 rings (SSSR count). The molecule has 5 heteroatoms. The standard InChI is InChI=1S/C14H15BrN2O2/c1-14(13(16)18,17-10-3-4-10)12-7-8-6-9(15)2-5-11(8)19-12/h2,5-7,10,17H,3-4H2,1H3,(H2,16,18). The van der Waals surface area contributed by atoms with Gasteiger partial charge in [-0.15, -0.1) is 0 Å². The zero-order valence-corrected chi connectivity index (χ0v) is 12.2. The van der Waals surface area contributed by atoms with Crippen LogP contribution in [0.3, 0.4) is 0 Å². The van der Waals surface area contributed by atoms with Crippen LogP contribution in [0.5, 0.6) is 0 Å². The first-order valence-corrected chi connectivity index (χ1v) is 7.05. The molecule has 1 saturated carbocycles. The zero-order valence-electron chi connectivity index (χ0n) is 10.6. The lowest BCUT2D eigenvalue weighted by molar-refractivity contribution is -0.124. The summed E-state index contributed by atoms with van der Waals surface area (Å²) < 4.78 is 6.77. The van der Waals surface area contributed by atoms with E-state index >= 15 is 0 Å². The van der Waals surface area contributed by atoms with E-state index < -0.39 is 11.4 Å². The largest absolute Gasteiger partial charge is 0.459 e. The van der Waals surface area contributed by atoms with Gasteiger partial charge in [0.05, 0.1) is 0 Å². The second-order valence-electron chi connectivity index (χ2n) is 5.20. The summed E-state index contributed by atoms with van der Waals surface area (Å²) >= 11 is 3.42. The van der Waals surface area contributed by atoms with Crippen molar-refractivity contribution < 1.29 is 9.21 Å². The lowest BCUT2D eigenvalue weighted by atomic mass is 9.97. The van der Waals surface area contributed by atoms with Crippen LogP contribution in [0.4, 0.5) is 0 Å². The van der Waals surface area contributed by atoms with Crippen LogP contribution in [0.2, 0.25) is 0 Å². The summed E-state index contributed by atoms with van der Waals surface area (Å²) in [5.41, 5.74) is 5.36. The molecular formula is C14H15BrN2O2. The fourth-order valence-electron chi connectivity index (χ4n) is 2.16. The van der Waals surface area contributed by atoms with E-state index in [1.165, 1.54) is 0 Å². The Kier molecular flexibility index (Phi) is 2.91. The van der Waals surface area contributed by atoms with Crippen LogP contribution < -0.4 is 11.1 Å². The number of furan rings is 1. The van der Waals surface area contributed by atoms with Crippen molar-refractivity contribution in [2.75, 3.05) is 0 Å². The molecule has 0 saturated heterocycles. The summed E-state index contributed by atoms with van der Waals surface area (Å²) in [6.07, 6.45) is 2.16. The highest BCUT2D eigenvalue weighted by Gasteiger charge is 2.41. The molecule has 1 amide bonds. The number of rotatable bonds is 4. The van der Waals surface area contributed by atoms with Crippen molar-refractivity contribution in [1.82, 2.24) is 5.32 Å². The monoisotopic (exact) mass is 322 g/mol. The minimum absolute atomic E-state index is 0.359. The van der Waals surface area contributed by atoms with Crippen molar-refractivity contribution in [2.24, 2.45) is 5.73 Å². The van der Waals surface area contributed by atoms with Crippen molar-refractivity contribution in [3.05, 3.63) is 34.5 Å². The quantitative estimate of drug-likeness (QED) is 0.909. The SMILES string of the molecule is CC(NC1CC1)(C(N)=O)c1cc2cc(Br)ccc2o1. The van der Waals surface area contributed by atoms with E-state index in [2.05, 4.69) is 21.2 Å². The number of halogens is 1. The smallest absolute Gasteiger partial charge is 0.245 e. The lowest BCUT2D eigenvalue weighted by Crippen LogP contribution is -2.51. The molecule has 100 valence electrons. The third-order valence-electron chi connectivity index (χ3n) is 3.53. The Balaban J connectivity index is 2.06. The molecule has 3 N–H and O–H groups in total. The molecule has 1 aromatic heterocycles. The number of amides is 1. The third kappa shape index (κ3) is 2.28. The van der Waals surface area contributed by atoms with Gasteiger partial charge >= 0.3 is 0 Å². The van der Waals surface area contributed by atoms with E-state index in [0.717, 1.165) is 28.3 Å². The number of benzene rings is 1. The Morgan fingerprint density at radius 2 is 2.21 bits per heavy atom. The Morgan fingerprint density at radius 3 is 2.84 bits per heavy atom. The molecule has 1 unspecified atom stereocenters. The number of carbonyl (C=O) groups excluding carboxylic acids is 1. The first-order valence-electron chi connectivity index (χ1n) is 6.26. The van der Waals surface area contributed by atoms with E-state index in [4.69, 9.17) is 10.2 Å². The lowest BCUT2D eigenvalue weighted by Gasteiger charge is -2.25. The van der Waals surface area contributed by atoms with Crippen molar-refractivity contribution in [1.29, 1.82) is 0 Å². The Labute approximate surface area is 119 Å². The summed E-state index contributed by atoms with van der Waals surface area (Å²) in [6, 6.07) is 7.98. The molecule has 1 aliphatic rings. The maximum Gasteiger partial charge on any atom is 0.245 e. The number of primary amides is 1. The maximum atomic E-state index is 11.8. The van der Waals surface area contributed by atoms with Crippen LogP contribution in [0.1, 0.15) is 25.5 Å². The van der Waals surface area contributed by atoms with Crippen molar-refractivity contribution in [2.45, 2.75) is 31.3 Å². The number of carbonyl (C=O) groups is 1. The highest BCUT2D eigenvalue weighted by molar-refractivity contribution is 9.10. The molecule has 0 aliphatic heterocycles. The average Bonchev–Trinajstić information content (AvgIpc) is 3.05. The fourth-order valence-corrected chi connectivity index (χ4v) is 2.54. The van der Waals surface area contributed by atoms with Gasteiger partial charge in [-0.2, -0.15) is 0 Å². The predicted molar refractivity (Wildman–Crippen MR) is 76.6 cm³/mol. The Morgan fingerprint density at radius 1 is 1.47 bits per heavy atom. The van der Waals surface area contributed by atoms with Gasteiger partial charge in [0.1, 0.15) is 11.3 Å². The first-order chi connectivity index (χ1) is 8.99. The number of nitrogens with one attached hydrogen (secondary N) is 1. The minimum Gasteiger partial charge on any atom is -0.459 e. The van der Waals surface area contributed by atoms with Crippen LogP contribution in [0.15, 0.2) is 33.2 Å². The summed E-state index contributed by atoms with van der Waals surface area (Å²) in [6.45, 7) is 1.78. The number of hydrogen-bond acceptors (Lipinski definition) is 3. The van der Waals surface area contributed by atoms with Gasteiger partial charge in [-0.1, -0.05) is 15.9 Å². The van der Waals surface area contributed by atoms with Crippen LogP contribution >= 0.6 is 15.9 Å². The summed E-state index contributed by atoms with van der Waals surface area (Å²) in [7, 11) is 0. The molecule has 4 nitrogen and oxygen atoms in total. The van der Waals surface area contributed by atoms with Gasteiger partial charge in [0.15, 0.2) is 5.54 Å². The van der Waals surface area contributed by atoms with Crippen molar-refractivity contribution in [3.63, 3.8) is 0 Å². The summed E-state index contributed by atoms with van der Waals surface area (Å²) in [4.78, 5) is 11.8. The average molecular weight is 323 g/mol. The molecule has 1 fully saturated rings. The van der Waals surface area contributed by atoms with Gasteiger partial charge in [-0.25, -0.2) is 0 Å². The van der Waals surface area contributed by atoms with Crippen LogP contribution in [0, 0.1) is 0 Å². The normalized spacial score (nSPS) is 18.4. The summed E-state index contributed by atoms with van der Waals surface area (Å²) in [5.74, 6) is 0.150. The molecule has 0 spiro atoms. The van der Waals surface area contributed by atoms with E-state index in [1.807, 2.05) is 24.3 Å². The molecule has 1 aliphatic carbocycles. The van der Waals surface area contributed by atoms with E-state index in [1.54, 1.807) is 6.92 Å². The zero-order chi connectivity index (χ0) is 13.6. The molecule has 0 radical (unpaired) electrons. The number of nitrogens with two attached hydrogens (primary N) is 1. The fraction of sp³-hybridized carbons (Fsp3) is 0.357. The second-order valence-corrected chi connectivity index (χ2v) is 6.12. The van der Waals surface area contributed by atoms with Gasteiger partial charge in [0.25, 0.3) is 0 Å². The minimum atomic E-state index is -0.952. The second kappa shape index (κ2) is 4.35.